The maximum Gasteiger partial charge on any atom is 0.167 e. The van der Waals surface area contributed by atoms with Gasteiger partial charge in [-0.1, -0.05) is 63.1 Å². The summed E-state index contributed by atoms with van der Waals surface area (Å²) in [7, 11) is 0. The second-order valence-electron chi connectivity index (χ2n) is 7.62. The first-order chi connectivity index (χ1) is 14.5. The van der Waals surface area contributed by atoms with Crippen LogP contribution in [0.1, 0.15) is 50.7 Å². The van der Waals surface area contributed by atoms with E-state index in [4.69, 9.17) is 0 Å². The molecule has 0 nitrogen and oxygen atoms in total. The summed E-state index contributed by atoms with van der Waals surface area (Å²) in [6.07, 6.45) is 5.30. The summed E-state index contributed by atoms with van der Waals surface area (Å²) in [6, 6.07) is 11.8. The van der Waals surface area contributed by atoms with Crippen LogP contribution >= 0.6 is 0 Å². The van der Waals surface area contributed by atoms with Gasteiger partial charge in [0.2, 0.25) is 0 Å². The fourth-order valence-electron chi connectivity index (χ4n) is 3.59. The van der Waals surface area contributed by atoms with E-state index in [0.717, 1.165) is 49.7 Å². The molecule has 0 amide bonds. The van der Waals surface area contributed by atoms with Crippen LogP contribution in [-0.2, 0) is 12.8 Å². The van der Waals surface area contributed by atoms with E-state index in [-0.39, 0.29) is 22.3 Å². The first kappa shape index (κ1) is 22.1. The van der Waals surface area contributed by atoms with Gasteiger partial charge in [0.1, 0.15) is 11.6 Å². The van der Waals surface area contributed by atoms with E-state index in [9.17, 15) is 17.6 Å². The van der Waals surface area contributed by atoms with Crippen molar-refractivity contribution in [3.8, 4) is 22.3 Å². The van der Waals surface area contributed by atoms with Crippen LogP contribution < -0.4 is 0 Å². The van der Waals surface area contributed by atoms with Gasteiger partial charge < -0.3 is 0 Å². The third kappa shape index (κ3) is 4.75. The molecule has 0 saturated heterocycles. The number of rotatable bonds is 8. The smallest absolute Gasteiger partial charge is 0.167 e. The van der Waals surface area contributed by atoms with Gasteiger partial charge in [-0.2, -0.15) is 0 Å². The van der Waals surface area contributed by atoms with Gasteiger partial charge in [0.05, 0.1) is 0 Å². The molecule has 0 fully saturated rings. The molecular formula is C26H26F4. The van der Waals surface area contributed by atoms with Crippen molar-refractivity contribution in [1.29, 1.82) is 0 Å². The highest BCUT2D eigenvalue weighted by Crippen LogP contribution is 2.34. The molecule has 158 valence electrons. The molecule has 0 aliphatic rings. The lowest BCUT2D eigenvalue weighted by atomic mass is 9.96. The molecule has 0 bridgehead atoms. The first-order valence-corrected chi connectivity index (χ1v) is 10.5. The lowest BCUT2D eigenvalue weighted by molar-refractivity contribution is 0.511. The summed E-state index contributed by atoms with van der Waals surface area (Å²) < 4.78 is 58.8. The molecule has 3 aromatic rings. The van der Waals surface area contributed by atoms with Gasteiger partial charge in [-0.25, -0.2) is 17.6 Å². The minimum Gasteiger partial charge on any atom is -0.206 e. The Bertz CT molecular complexity index is 941. The minimum atomic E-state index is -1.18. The maximum absolute atomic E-state index is 14.8. The SMILES string of the molecule is CCCCc1ccc(-c2ccc(-c3ccc(CCCC)cc3F)c(F)c2F)c(F)c1. The Kier molecular flexibility index (Phi) is 7.30. The maximum atomic E-state index is 14.8. The topological polar surface area (TPSA) is 0 Å². The molecule has 0 aliphatic heterocycles. The Labute approximate surface area is 175 Å². The molecule has 30 heavy (non-hydrogen) atoms. The van der Waals surface area contributed by atoms with Crippen molar-refractivity contribution < 1.29 is 17.6 Å². The molecule has 0 heterocycles. The number of aryl methyl sites for hydroxylation is 2. The molecule has 4 heteroatoms. The zero-order valence-corrected chi connectivity index (χ0v) is 17.4. The van der Waals surface area contributed by atoms with Gasteiger partial charge in [-0.05, 0) is 48.9 Å². The van der Waals surface area contributed by atoms with Gasteiger partial charge in [-0.15, -0.1) is 0 Å². The molecule has 0 saturated carbocycles. The summed E-state index contributed by atoms with van der Waals surface area (Å²) in [5, 5.41) is 0. The van der Waals surface area contributed by atoms with Crippen LogP contribution in [0.2, 0.25) is 0 Å². The Morgan fingerprint density at radius 3 is 1.23 bits per heavy atom. The van der Waals surface area contributed by atoms with E-state index >= 15 is 0 Å². The third-order valence-electron chi connectivity index (χ3n) is 5.37. The van der Waals surface area contributed by atoms with Gasteiger partial charge in [-0.3, -0.25) is 0 Å². The predicted octanol–water partition coefficient (Wildman–Crippen LogP) is 8.26. The molecule has 3 aromatic carbocycles. The molecule has 0 unspecified atom stereocenters. The van der Waals surface area contributed by atoms with Crippen molar-refractivity contribution >= 4 is 0 Å². The van der Waals surface area contributed by atoms with Crippen molar-refractivity contribution in [2.75, 3.05) is 0 Å². The fraction of sp³-hybridized carbons (Fsp3) is 0.308. The van der Waals surface area contributed by atoms with Crippen LogP contribution in [0.25, 0.3) is 22.3 Å². The van der Waals surface area contributed by atoms with Crippen LogP contribution in [0.15, 0.2) is 48.5 Å². The van der Waals surface area contributed by atoms with Crippen LogP contribution in [0.3, 0.4) is 0 Å². The van der Waals surface area contributed by atoms with Gasteiger partial charge in [0.15, 0.2) is 11.6 Å². The molecule has 0 aromatic heterocycles. The average Bonchev–Trinajstić information content (AvgIpc) is 2.74. The number of hydrogen-bond acceptors (Lipinski definition) is 0. The molecule has 0 spiro atoms. The molecule has 0 N–H and O–H groups in total. The summed E-state index contributed by atoms with van der Waals surface area (Å²) >= 11 is 0. The van der Waals surface area contributed by atoms with Crippen LogP contribution in [-0.4, -0.2) is 0 Å². The first-order valence-electron chi connectivity index (χ1n) is 10.5. The molecule has 0 atom stereocenters. The average molecular weight is 414 g/mol. The van der Waals surface area contributed by atoms with Crippen molar-refractivity contribution in [3.05, 3.63) is 82.9 Å². The summed E-state index contributed by atoms with van der Waals surface area (Å²) in [5.41, 5.74) is 1.29. The van der Waals surface area contributed by atoms with E-state index in [2.05, 4.69) is 0 Å². The Morgan fingerprint density at radius 2 is 0.900 bits per heavy atom. The Morgan fingerprint density at radius 1 is 0.533 bits per heavy atom. The van der Waals surface area contributed by atoms with E-state index in [0.29, 0.717) is 0 Å². The second kappa shape index (κ2) is 9.92. The summed E-state index contributed by atoms with van der Waals surface area (Å²) in [6.45, 7) is 4.10. The van der Waals surface area contributed by atoms with Crippen molar-refractivity contribution in [2.24, 2.45) is 0 Å². The minimum absolute atomic E-state index is 0.00594. The zero-order chi connectivity index (χ0) is 21.7. The highest BCUT2D eigenvalue weighted by Gasteiger charge is 2.20. The highest BCUT2D eigenvalue weighted by atomic mass is 19.2. The largest absolute Gasteiger partial charge is 0.206 e. The summed E-state index contributed by atoms with van der Waals surface area (Å²) in [5.74, 6) is -3.55. The van der Waals surface area contributed by atoms with Gasteiger partial charge >= 0.3 is 0 Å². The number of unbranched alkanes of at least 4 members (excludes halogenated alkanes) is 2. The fourth-order valence-corrected chi connectivity index (χ4v) is 3.59. The second-order valence-corrected chi connectivity index (χ2v) is 7.62. The number of halogens is 4. The molecular weight excluding hydrogens is 388 g/mol. The van der Waals surface area contributed by atoms with Crippen molar-refractivity contribution in [2.45, 2.75) is 52.4 Å². The lowest BCUT2D eigenvalue weighted by Crippen LogP contribution is -1.98. The van der Waals surface area contributed by atoms with Crippen LogP contribution in [0.4, 0.5) is 17.6 Å². The standard InChI is InChI=1S/C26H26F4/c1-3-5-7-17-9-11-19(23(27)15-17)21-13-14-22(26(30)25(21)29)20-12-10-18(8-6-4-2)16-24(20)28/h9-16H,3-8H2,1-2H3. The Balaban J connectivity index is 1.95. The quantitative estimate of drug-likeness (QED) is 0.325. The number of benzene rings is 3. The van der Waals surface area contributed by atoms with Crippen molar-refractivity contribution in [1.82, 2.24) is 0 Å². The molecule has 0 aliphatic carbocycles. The van der Waals surface area contributed by atoms with E-state index in [1.807, 2.05) is 13.8 Å². The van der Waals surface area contributed by atoms with E-state index < -0.39 is 23.3 Å². The van der Waals surface area contributed by atoms with E-state index in [1.165, 1.54) is 36.4 Å². The monoisotopic (exact) mass is 414 g/mol. The lowest BCUT2D eigenvalue weighted by Gasteiger charge is -2.12. The molecule has 0 radical (unpaired) electrons. The van der Waals surface area contributed by atoms with Gasteiger partial charge in [0.25, 0.3) is 0 Å². The zero-order valence-electron chi connectivity index (χ0n) is 17.4. The molecule has 3 rings (SSSR count). The summed E-state index contributed by atoms with van der Waals surface area (Å²) in [4.78, 5) is 0. The van der Waals surface area contributed by atoms with Gasteiger partial charge in [0, 0.05) is 22.3 Å². The normalized spacial score (nSPS) is 11.1. The van der Waals surface area contributed by atoms with Crippen molar-refractivity contribution in [3.63, 3.8) is 0 Å². The van der Waals surface area contributed by atoms with Crippen LogP contribution in [0, 0.1) is 23.3 Å². The Hall–Kier alpha value is -2.62. The highest BCUT2D eigenvalue weighted by molar-refractivity contribution is 5.72. The number of hydrogen-bond donors (Lipinski definition) is 0. The van der Waals surface area contributed by atoms with E-state index in [1.54, 1.807) is 12.1 Å². The third-order valence-corrected chi connectivity index (χ3v) is 5.37. The predicted molar refractivity (Wildman–Crippen MR) is 114 cm³/mol. The van der Waals surface area contributed by atoms with Crippen LogP contribution in [0.5, 0.6) is 0 Å².